The number of rotatable bonds is 12. The minimum Gasteiger partial charge on any atom is -0.495 e. The molecule has 6 heteroatoms. The standard InChI is InChI=1S/C62H53N3O3/c1-62(2)52-30-16-15-29-48(52)49-39-41-55(65(46-27-13-8-14-28-46)58-33-19-22-36-61(58)68-5)51-43-47(63(44-23-9-6-10-24-44)56-31-17-20-34-59(56)66-3)37-38-50(51)54(42-40-53(49)62)64(45-25-11-7-12-26-45)57-32-18-21-35-60(57)67-4/h6-43H,1-5H3. The third kappa shape index (κ3) is 7.90. The normalized spacial score (nSPS) is 12.0. The Morgan fingerprint density at radius 2 is 0.676 bits per heavy atom. The van der Waals surface area contributed by atoms with E-state index in [-0.39, 0.29) is 5.41 Å². The van der Waals surface area contributed by atoms with E-state index in [0.717, 1.165) is 84.8 Å². The van der Waals surface area contributed by atoms with Gasteiger partial charge in [-0.15, -0.1) is 0 Å². The van der Waals surface area contributed by atoms with Gasteiger partial charge in [-0.2, -0.15) is 0 Å². The average molecular weight is 888 g/mol. The molecule has 9 aromatic rings. The molecule has 0 aromatic heterocycles. The van der Waals surface area contributed by atoms with Crippen molar-refractivity contribution in [1.29, 1.82) is 0 Å². The molecule has 10 rings (SSSR count). The van der Waals surface area contributed by atoms with E-state index in [1.54, 1.807) is 21.3 Å². The summed E-state index contributed by atoms with van der Waals surface area (Å²) in [5.74, 6) is 2.24. The summed E-state index contributed by atoms with van der Waals surface area (Å²) in [6, 6.07) is 81.2. The molecule has 1 aliphatic rings. The van der Waals surface area contributed by atoms with Crippen molar-refractivity contribution in [2.75, 3.05) is 36.0 Å². The van der Waals surface area contributed by atoms with E-state index in [2.05, 4.69) is 217 Å². The lowest BCUT2D eigenvalue weighted by Gasteiger charge is -2.31. The fraction of sp³-hybridized carbons (Fsp3) is 0.0968. The number of hydrogen-bond donors (Lipinski definition) is 0. The molecule has 0 saturated carbocycles. The Kier molecular flexibility index (Phi) is 12.0. The number of fused-ring (bicyclic) bond motifs is 4. The average Bonchev–Trinajstić information content (AvgIpc) is 3.61. The van der Waals surface area contributed by atoms with Gasteiger partial charge in [-0.25, -0.2) is 0 Å². The number of para-hydroxylation sites is 9. The summed E-state index contributed by atoms with van der Waals surface area (Å²) in [7, 11) is 5.21. The van der Waals surface area contributed by atoms with E-state index in [9.17, 15) is 0 Å². The number of methoxy groups -OCH3 is 3. The molecule has 0 aliphatic heterocycles. The van der Waals surface area contributed by atoms with Crippen molar-refractivity contribution in [2.24, 2.45) is 0 Å². The molecule has 0 unspecified atom stereocenters. The lowest BCUT2D eigenvalue weighted by atomic mass is 9.83. The van der Waals surface area contributed by atoms with Crippen LogP contribution in [0.2, 0.25) is 0 Å². The molecule has 68 heavy (non-hydrogen) atoms. The van der Waals surface area contributed by atoms with Gasteiger partial charge in [0.2, 0.25) is 0 Å². The predicted molar refractivity (Wildman–Crippen MR) is 283 cm³/mol. The van der Waals surface area contributed by atoms with Crippen molar-refractivity contribution in [3.8, 4) is 28.4 Å². The van der Waals surface area contributed by atoms with Gasteiger partial charge in [0.1, 0.15) is 17.2 Å². The first-order valence-corrected chi connectivity index (χ1v) is 23.0. The Morgan fingerprint density at radius 3 is 1.19 bits per heavy atom. The first-order valence-electron chi connectivity index (χ1n) is 23.0. The topological polar surface area (TPSA) is 37.4 Å². The van der Waals surface area contributed by atoms with Crippen LogP contribution in [-0.4, -0.2) is 21.3 Å². The molecule has 334 valence electrons. The number of anilines is 9. The van der Waals surface area contributed by atoms with Crippen molar-refractivity contribution in [3.05, 3.63) is 242 Å². The van der Waals surface area contributed by atoms with Crippen molar-refractivity contribution < 1.29 is 14.2 Å². The van der Waals surface area contributed by atoms with Crippen molar-refractivity contribution in [3.63, 3.8) is 0 Å². The van der Waals surface area contributed by atoms with Crippen LogP contribution in [0.15, 0.2) is 231 Å². The van der Waals surface area contributed by atoms with Crippen LogP contribution in [-0.2, 0) is 5.41 Å². The van der Waals surface area contributed by atoms with Crippen LogP contribution in [0.4, 0.5) is 51.2 Å². The number of hydrogen-bond acceptors (Lipinski definition) is 6. The Hall–Kier alpha value is -8.48. The summed E-state index contributed by atoms with van der Waals surface area (Å²) >= 11 is 0. The molecule has 6 nitrogen and oxygen atoms in total. The van der Waals surface area contributed by atoms with Crippen LogP contribution < -0.4 is 28.9 Å². The van der Waals surface area contributed by atoms with Gasteiger partial charge in [-0.1, -0.05) is 147 Å². The highest BCUT2D eigenvalue weighted by Crippen LogP contribution is 2.52. The predicted octanol–water partition coefficient (Wildman–Crippen LogP) is 16.7. The zero-order valence-electron chi connectivity index (χ0n) is 39.0. The maximum atomic E-state index is 6.23. The molecule has 0 N–H and O–H groups in total. The van der Waals surface area contributed by atoms with E-state index < -0.39 is 0 Å². The first-order chi connectivity index (χ1) is 33.4. The van der Waals surface area contributed by atoms with Gasteiger partial charge in [0.05, 0.1) is 49.8 Å². The lowest BCUT2D eigenvalue weighted by Crippen LogP contribution is -2.15. The molecule has 0 bridgehead atoms. The van der Waals surface area contributed by atoms with Crippen LogP contribution in [0.5, 0.6) is 17.2 Å². The zero-order valence-corrected chi connectivity index (χ0v) is 39.0. The Labute approximate surface area is 399 Å². The molecule has 0 amide bonds. The van der Waals surface area contributed by atoms with Crippen LogP contribution in [0.3, 0.4) is 0 Å². The fourth-order valence-electron chi connectivity index (χ4n) is 9.79. The maximum absolute atomic E-state index is 6.23. The van der Waals surface area contributed by atoms with Gasteiger partial charge in [-0.05, 0) is 119 Å². The molecular formula is C62H53N3O3. The maximum Gasteiger partial charge on any atom is 0.142 e. The highest BCUT2D eigenvalue weighted by atomic mass is 16.5. The molecule has 0 heterocycles. The minimum atomic E-state index is -0.307. The Morgan fingerprint density at radius 1 is 0.294 bits per heavy atom. The molecule has 0 spiro atoms. The molecule has 9 aromatic carbocycles. The summed E-state index contributed by atoms with van der Waals surface area (Å²) < 4.78 is 18.5. The van der Waals surface area contributed by atoms with Crippen molar-refractivity contribution in [1.82, 2.24) is 0 Å². The lowest BCUT2D eigenvalue weighted by molar-refractivity contribution is 0.416. The summed E-state index contributed by atoms with van der Waals surface area (Å²) in [5, 5.41) is 1.95. The minimum absolute atomic E-state index is 0.307. The molecule has 0 saturated heterocycles. The van der Waals surface area contributed by atoms with Crippen LogP contribution >= 0.6 is 0 Å². The molecule has 0 radical (unpaired) electrons. The van der Waals surface area contributed by atoms with Gasteiger partial charge in [0.25, 0.3) is 0 Å². The molecule has 0 atom stereocenters. The van der Waals surface area contributed by atoms with Crippen LogP contribution in [0, 0.1) is 0 Å². The molecule has 0 fully saturated rings. The van der Waals surface area contributed by atoms with E-state index in [0.29, 0.717) is 0 Å². The first kappa shape index (κ1) is 43.4. The Balaban J connectivity index is 1.44. The molecule has 1 aliphatic carbocycles. The van der Waals surface area contributed by atoms with Crippen LogP contribution in [0.25, 0.3) is 21.9 Å². The van der Waals surface area contributed by atoms with Gasteiger partial charge in [0, 0.05) is 38.9 Å². The van der Waals surface area contributed by atoms with Crippen molar-refractivity contribution >= 4 is 62.0 Å². The second-order valence-electron chi connectivity index (χ2n) is 17.2. The van der Waals surface area contributed by atoms with Gasteiger partial charge in [0.15, 0.2) is 0 Å². The number of benzene rings is 8. The second-order valence-corrected chi connectivity index (χ2v) is 17.2. The monoisotopic (exact) mass is 887 g/mol. The fourth-order valence-corrected chi connectivity index (χ4v) is 9.79. The zero-order chi connectivity index (χ0) is 46.6. The third-order valence-corrected chi connectivity index (χ3v) is 13.0. The second kappa shape index (κ2) is 18.8. The van der Waals surface area contributed by atoms with Gasteiger partial charge in [-0.3, -0.25) is 0 Å². The summed E-state index contributed by atoms with van der Waals surface area (Å²) in [6.45, 7) is 4.66. The molecular weight excluding hydrogens is 835 g/mol. The number of nitrogens with zero attached hydrogens (tertiary/aromatic N) is 3. The van der Waals surface area contributed by atoms with E-state index in [1.165, 1.54) is 16.7 Å². The van der Waals surface area contributed by atoms with Gasteiger partial charge >= 0.3 is 0 Å². The third-order valence-electron chi connectivity index (χ3n) is 13.0. The quantitative estimate of drug-likeness (QED) is 0.122. The number of ether oxygens (including phenoxy) is 3. The van der Waals surface area contributed by atoms with Gasteiger partial charge < -0.3 is 28.9 Å². The highest BCUT2D eigenvalue weighted by Gasteiger charge is 2.35. The highest BCUT2D eigenvalue weighted by molar-refractivity contribution is 6.08. The summed E-state index contributed by atoms with van der Waals surface area (Å²) in [6.07, 6.45) is 0. The summed E-state index contributed by atoms with van der Waals surface area (Å²) in [4.78, 5) is 6.94. The summed E-state index contributed by atoms with van der Waals surface area (Å²) in [5.41, 5.74) is 13.0. The Bertz CT molecular complexity index is 3300. The van der Waals surface area contributed by atoms with E-state index >= 15 is 0 Å². The SMILES string of the molecule is COc1ccccc1N(c1ccccc1)c1ccc2c(N(c3ccccc3)c3ccccc3OC)ccc3c(ccc(N(c4ccccc4)c4ccccc4OC)c2c1)-c1ccccc1C3(C)C. The van der Waals surface area contributed by atoms with Crippen molar-refractivity contribution in [2.45, 2.75) is 19.3 Å². The largest absolute Gasteiger partial charge is 0.495 e. The smallest absolute Gasteiger partial charge is 0.142 e. The van der Waals surface area contributed by atoms with E-state index in [1.807, 2.05) is 42.5 Å². The van der Waals surface area contributed by atoms with Crippen LogP contribution in [0.1, 0.15) is 25.0 Å². The van der Waals surface area contributed by atoms with E-state index in [4.69, 9.17) is 14.2 Å².